The fourth-order valence-corrected chi connectivity index (χ4v) is 3.36. The van der Waals surface area contributed by atoms with Crippen LogP contribution in [0.15, 0.2) is 35.7 Å². The van der Waals surface area contributed by atoms with Crippen molar-refractivity contribution in [2.24, 2.45) is 0 Å². The highest BCUT2D eigenvalue weighted by atomic mass is 32.1. The average Bonchev–Trinajstić information content (AvgIpc) is 3.13. The van der Waals surface area contributed by atoms with Gasteiger partial charge in [-0.1, -0.05) is 18.2 Å². The number of rotatable bonds is 5. The van der Waals surface area contributed by atoms with E-state index in [1.807, 2.05) is 35.7 Å². The lowest BCUT2D eigenvalue weighted by molar-refractivity contribution is -0.115. The van der Waals surface area contributed by atoms with E-state index < -0.39 is 0 Å². The molecule has 0 unspecified atom stereocenters. The topological polar surface area (TPSA) is 45.2 Å². The van der Waals surface area contributed by atoms with Crippen molar-refractivity contribution in [2.75, 3.05) is 18.4 Å². The van der Waals surface area contributed by atoms with Crippen LogP contribution in [0.3, 0.4) is 0 Å². The summed E-state index contributed by atoms with van der Waals surface area (Å²) in [6.45, 7) is 3.26. The minimum atomic E-state index is -0.0146. The summed E-state index contributed by atoms with van der Waals surface area (Å²) in [7, 11) is 0. The lowest BCUT2D eigenvalue weighted by Gasteiger charge is -2.11. The molecule has 1 amide bonds. The van der Waals surface area contributed by atoms with E-state index in [1.54, 1.807) is 11.3 Å². The van der Waals surface area contributed by atoms with E-state index in [0.717, 1.165) is 22.9 Å². The highest BCUT2D eigenvalue weighted by Crippen LogP contribution is 2.17. The molecule has 0 bridgehead atoms. The lowest BCUT2D eigenvalue weighted by atomic mass is 10.3. The molecule has 1 aliphatic heterocycles. The molecule has 1 saturated heterocycles. The largest absolute Gasteiger partial charge is 0.326 e. The SMILES string of the molecule is O=C(Cc1csc(CN2CCCC2)n1)Nc1ccccc1. The molecule has 1 fully saturated rings. The van der Waals surface area contributed by atoms with Crippen molar-refractivity contribution in [3.05, 3.63) is 46.4 Å². The Labute approximate surface area is 128 Å². The summed E-state index contributed by atoms with van der Waals surface area (Å²) in [4.78, 5) is 19.0. The van der Waals surface area contributed by atoms with Gasteiger partial charge in [0.2, 0.25) is 5.91 Å². The normalized spacial score (nSPS) is 15.2. The summed E-state index contributed by atoms with van der Waals surface area (Å²) in [5.74, 6) is -0.0146. The Morgan fingerprint density at radius 1 is 1.24 bits per heavy atom. The van der Waals surface area contributed by atoms with Gasteiger partial charge < -0.3 is 5.32 Å². The zero-order chi connectivity index (χ0) is 14.5. The van der Waals surface area contributed by atoms with Gasteiger partial charge in [-0.3, -0.25) is 9.69 Å². The van der Waals surface area contributed by atoms with Crippen molar-refractivity contribution in [3.8, 4) is 0 Å². The third kappa shape index (κ3) is 4.12. The first-order valence-electron chi connectivity index (χ1n) is 7.30. The molecule has 0 saturated carbocycles. The molecule has 3 rings (SSSR count). The number of thiazole rings is 1. The van der Waals surface area contributed by atoms with E-state index >= 15 is 0 Å². The van der Waals surface area contributed by atoms with Crippen molar-refractivity contribution in [1.82, 2.24) is 9.88 Å². The van der Waals surface area contributed by atoms with Crippen LogP contribution in [-0.4, -0.2) is 28.9 Å². The Morgan fingerprint density at radius 2 is 2.00 bits per heavy atom. The Kier molecular flexibility index (Phi) is 4.62. The molecule has 1 aromatic heterocycles. The van der Waals surface area contributed by atoms with Crippen LogP contribution in [-0.2, 0) is 17.8 Å². The quantitative estimate of drug-likeness (QED) is 0.923. The molecule has 1 aliphatic rings. The predicted molar refractivity (Wildman–Crippen MR) is 85.4 cm³/mol. The second-order valence-corrected chi connectivity index (χ2v) is 6.25. The van der Waals surface area contributed by atoms with E-state index in [2.05, 4.69) is 15.2 Å². The smallest absolute Gasteiger partial charge is 0.230 e. The lowest BCUT2D eigenvalue weighted by Crippen LogP contribution is -2.18. The van der Waals surface area contributed by atoms with Crippen molar-refractivity contribution in [2.45, 2.75) is 25.8 Å². The van der Waals surface area contributed by atoms with Crippen LogP contribution in [0.2, 0.25) is 0 Å². The number of para-hydroxylation sites is 1. The van der Waals surface area contributed by atoms with Crippen LogP contribution in [0.4, 0.5) is 5.69 Å². The van der Waals surface area contributed by atoms with Gasteiger partial charge in [-0.2, -0.15) is 0 Å². The predicted octanol–water partition coefficient (Wildman–Crippen LogP) is 2.92. The molecule has 2 heterocycles. The molecule has 110 valence electrons. The van der Waals surface area contributed by atoms with Gasteiger partial charge in [-0.15, -0.1) is 11.3 Å². The van der Waals surface area contributed by atoms with E-state index in [4.69, 9.17) is 0 Å². The van der Waals surface area contributed by atoms with Gasteiger partial charge >= 0.3 is 0 Å². The van der Waals surface area contributed by atoms with Gasteiger partial charge in [-0.25, -0.2) is 4.98 Å². The average molecular weight is 301 g/mol. The van der Waals surface area contributed by atoms with Crippen LogP contribution in [0.25, 0.3) is 0 Å². The summed E-state index contributed by atoms with van der Waals surface area (Å²) in [6.07, 6.45) is 2.92. The van der Waals surface area contributed by atoms with Crippen LogP contribution in [0.5, 0.6) is 0 Å². The van der Waals surface area contributed by atoms with E-state index in [1.165, 1.54) is 25.9 Å². The number of nitrogens with zero attached hydrogens (tertiary/aromatic N) is 2. The molecule has 2 aromatic rings. The molecular formula is C16H19N3OS. The van der Waals surface area contributed by atoms with Gasteiger partial charge in [0.05, 0.1) is 18.7 Å². The number of benzene rings is 1. The van der Waals surface area contributed by atoms with E-state index in [0.29, 0.717) is 6.42 Å². The van der Waals surface area contributed by atoms with Gasteiger partial charge in [0.1, 0.15) is 5.01 Å². The number of carbonyl (C=O) groups excluding carboxylic acids is 1. The molecule has 0 radical (unpaired) electrons. The van der Waals surface area contributed by atoms with Crippen LogP contribution in [0, 0.1) is 0 Å². The van der Waals surface area contributed by atoms with Crippen molar-refractivity contribution in [1.29, 1.82) is 0 Å². The Hall–Kier alpha value is -1.72. The number of hydrogen-bond acceptors (Lipinski definition) is 4. The molecule has 1 N–H and O–H groups in total. The maximum Gasteiger partial charge on any atom is 0.230 e. The first-order valence-corrected chi connectivity index (χ1v) is 8.18. The van der Waals surface area contributed by atoms with Crippen molar-refractivity contribution < 1.29 is 4.79 Å². The van der Waals surface area contributed by atoms with Gasteiger partial charge in [-0.05, 0) is 38.1 Å². The Balaban J connectivity index is 1.53. The standard InChI is InChI=1S/C16H19N3OS/c20-15(17-13-6-2-1-3-7-13)10-14-12-21-16(18-14)11-19-8-4-5-9-19/h1-3,6-7,12H,4-5,8-11H2,(H,17,20). The Morgan fingerprint density at radius 3 is 2.76 bits per heavy atom. The van der Waals surface area contributed by atoms with E-state index in [9.17, 15) is 4.79 Å². The van der Waals surface area contributed by atoms with Gasteiger partial charge in [0, 0.05) is 11.1 Å². The zero-order valence-corrected chi connectivity index (χ0v) is 12.7. The van der Waals surface area contributed by atoms with Crippen molar-refractivity contribution in [3.63, 3.8) is 0 Å². The zero-order valence-electron chi connectivity index (χ0n) is 11.9. The third-order valence-corrected chi connectivity index (χ3v) is 4.44. The van der Waals surface area contributed by atoms with E-state index in [-0.39, 0.29) is 5.91 Å². The number of aromatic nitrogens is 1. The number of hydrogen-bond donors (Lipinski definition) is 1. The maximum absolute atomic E-state index is 12.0. The number of nitrogens with one attached hydrogen (secondary N) is 1. The summed E-state index contributed by atoms with van der Waals surface area (Å²) in [5.41, 5.74) is 1.69. The second-order valence-electron chi connectivity index (χ2n) is 5.31. The fourth-order valence-electron chi connectivity index (χ4n) is 2.53. The number of carbonyl (C=O) groups is 1. The summed E-state index contributed by atoms with van der Waals surface area (Å²) in [6, 6.07) is 9.52. The maximum atomic E-state index is 12.0. The fraction of sp³-hybridized carbons (Fsp3) is 0.375. The molecule has 0 spiro atoms. The van der Waals surface area contributed by atoms with Crippen LogP contribution >= 0.6 is 11.3 Å². The number of likely N-dealkylation sites (tertiary alicyclic amines) is 1. The van der Waals surface area contributed by atoms with Crippen LogP contribution in [0.1, 0.15) is 23.5 Å². The summed E-state index contributed by atoms with van der Waals surface area (Å²) < 4.78 is 0. The van der Waals surface area contributed by atoms with Crippen molar-refractivity contribution >= 4 is 22.9 Å². The molecule has 0 aliphatic carbocycles. The molecule has 21 heavy (non-hydrogen) atoms. The number of anilines is 1. The molecule has 0 atom stereocenters. The summed E-state index contributed by atoms with van der Waals surface area (Å²) in [5, 5.41) is 5.99. The molecule has 1 aromatic carbocycles. The van der Waals surface area contributed by atoms with Gasteiger partial charge in [0.25, 0.3) is 0 Å². The molecule has 4 nitrogen and oxygen atoms in total. The first kappa shape index (κ1) is 14.2. The minimum Gasteiger partial charge on any atom is -0.326 e. The number of amides is 1. The second kappa shape index (κ2) is 6.83. The van der Waals surface area contributed by atoms with Gasteiger partial charge in [0.15, 0.2) is 0 Å². The third-order valence-electron chi connectivity index (χ3n) is 3.56. The van der Waals surface area contributed by atoms with Crippen LogP contribution < -0.4 is 5.32 Å². The highest BCUT2D eigenvalue weighted by molar-refractivity contribution is 7.09. The Bertz CT molecular complexity index is 591. The monoisotopic (exact) mass is 301 g/mol. The first-order chi connectivity index (χ1) is 10.3. The molecule has 5 heteroatoms. The summed E-state index contributed by atoms with van der Waals surface area (Å²) >= 11 is 1.65. The molecular weight excluding hydrogens is 282 g/mol. The highest BCUT2D eigenvalue weighted by Gasteiger charge is 2.14. The minimum absolute atomic E-state index is 0.0146.